The van der Waals surface area contributed by atoms with Crippen LogP contribution in [0.1, 0.15) is 73.5 Å². The third-order valence-electron chi connectivity index (χ3n) is 12.6. The number of rotatable bonds is 7. The average Bonchev–Trinajstić information content (AvgIpc) is 3.43. The number of aliphatic hydroxyl groups excluding tert-OH is 1. The maximum atomic E-state index is 13.2. The summed E-state index contributed by atoms with van der Waals surface area (Å²) in [7, 11) is 0. The highest BCUT2D eigenvalue weighted by molar-refractivity contribution is 6.06. The highest BCUT2D eigenvalue weighted by Crippen LogP contribution is 2.39. The second-order valence-corrected chi connectivity index (χ2v) is 15.9. The largest absolute Gasteiger partial charge is 0.507 e. The molecule has 4 fully saturated rings. The number of hydrogen-bond acceptors (Lipinski definition) is 12. The van der Waals surface area contributed by atoms with Crippen molar-refractivity contribution in [1.29, 1.82) is 0 Å². The van der Waals surface area contributed by atoms with E-state index in [4.69, 9.17) is 0 Å². The number of anilines is 3. The van der Waals surface area contributed by atoms with Gasteiger partial charge in [0, 0.05) is 79.6 Å². The zero-order valence-corrected chi connectivity index (χ0v) is 30.5. The first-order valence-corrected chi connectivity index (χ1v) is 19.7. The van der Waals surface area contributed by atoms with E-state index < -0.39 is 18.2 Å². The molecular formula is C40H49N9O5. The molecule has 14 heteroatoms. The Hall–Kier alpha value is -4.79. The van der Waals surface area contributed by atoms with Crippen molar-refractivity contribution >= 4 is 34.9 Å². The molecule has 3 amide bonds. The normalized spacial score (nSPS) is 26.6. The SMILES string of the molecule is O=C1CCC(N2C(=O)c3ccc(N4CCC(CN5CCC(NC6CCN7c8cc(-c9ccccc9O)nnc8NCC7C6)CC5)CC4)cc3C2O)C(=O)N1. The van der Waals surface area contributed by atoms with Crippen molar-refractivity contribution < 1.29 is 24.6 Å². The molecule has 3 aromatic rings. The summed E-state index contributed by atoms with van der Waals surface area (Å²) in [6.45, 7) is 7.01. The summed E-state index contributed by atoms with van der Waals surface area (Å²) in [6.07, 6.45) is 5.83. The fourth-order valence-electron chi connectivity index (χ4n) is 9.65. The van der Waals surface area contributed by atoms with E-state index in [9.17, 15) is 24.6 Å². The first-order valence-electron chi connectivity index (χ1n) is 19.7. The predicted molar refractivity (Wildman–Crippen MR) is 203 cm³/mol. The molecule has 0 spiro atoms. The fourth-order valence-corrected chi connectivity index (χ4v) is 9.65. The Morgan fingerprint density at radius 2 is 1.65 bits per heavy atom. The summed E-state index contributed by atoms with van der Waals surface area (Å²) in [6, 6.07) is 15.5. The van der Waals surface area contributed by atoms with Gasteiger partial charge in [-0.25, -0.2) is 0 Å². The number of aromatic hydroxyl groups is 1. The standard InChI is InChI=1S/C40H49N9O5/c50-35-4-2-1-3-30(35)32-21-34-37(45-44-32)41-22-28-19-26(13-18-48(28)34)42-25-11-14-46(15-12-25)23-24-9-16-47(17-10-24)27-5-6-29-31(20-27)40(54)49(39(29)53)33-7-8-36(51)43-38(33)52/h1-6,20-21,24-26,28,33,40,42,50,54H,7-19,22-23H2,(H,41,45)(H,43,51,52). The highest BCUT2D eigenvalue weighted by atomic mass is 16.3. The van der Waals surface area contributed by atoms with Gasteiger partial charge in [-0.3, -0.25) is 24.6 Å². The van der Waals surface area contributed by atoms with Gasteiger partial charge in [-0.1, -0.05) is 12.1 Å². The Labute approximate surface area is 314 Å². The van der Waals surface area contributed by atoms with Crippen LogP contribution in [0, 0.1) is 5.92 Å². The van der Waals surface area contributed by atoms with Gasteiger partial charge in [-0.2, -0.15) is 0 Å². The van der Waals surface area contributed by atoms with Crippen LogP contribution in [0.2, 0.25) is 0 Å². The number of likely N-dealkylation sites (tertiary alicyclic amines) is 1. The molecule has 0 radical (unpaired) electrons. The topological polar surface area (TPSA) is 166 Å². The zero-order valence-electron chi connectivity index (χ0n) is 30.5. The number of carbonyl (C=O) groups is 3. The lowest BCUT2D eigenvalue weighted by Crippen LogP contribution is -2.56. The van der Waals surface area contributed by atoms with Crippen LogP contribution in [0.15, 0.2) is 48.5 Å². The van der Waals surface area contributed by atoms with Crippen LogP contribution in [-0.2, 0) is 9.59 Å². The van der Waals surface area contributed by atoms with Crippen LogP contribution in [0.5, 0.6) is 5.75 Å². The van der Waals surface area contributed by atoms with Gasteiger partial charge in [0.05, 0.1) is 11.4 Å². The Morgan fingerprint density at radius 1 is 0.852 bits per heavy atom. The first-order chi connectivity index (χ1) is 26.3. The van der Waals surface area contributed by atoms with E-state index in [1.54, 1.807) is 12.1 Å². The maximum Gasteiger partial charge on any atom is 0.257 e. The van der Waals surface area contributed by atoms with Crippen LogP contribution in [0.4, 0.5) is 17.2 Å². The van der Waals surface area contributed by atoms with Crippen molar-refractivity contribution in [2.24, 2.45) is 5.92 Å². The summed E-state index contributed by atoms with van der Waals surface area (Å²) in [5.41, 5.74) is 4.39. The summed E-state index contributed by atoms with van der Waals surface area (Å²) in [5.74, 6) is 0.415. The Kier molecular flexibility index (Phi) is 9.36. The number of carbonyl (C=O) groups excluding carboxylic acids is 3. The van der Waals surface area contributed by atoms with E-state index in [1.807, 2.05) is 30.3 Å². The van der Waals surface area contributed by atoms with E-state index in [-0.39, 0.29) is 30.4 Å². The minimum absolute atomic E-state index is 0.148. The minimum atomic E-state index is -1.21. The molecular weight excluding hydrogens is 686 g/mol. The molecule has 14 nitrogen and oxygen atoms in total. The molecule has 4 unspecified atom stereocenters. The lowest BCUT2D eigenvalue weighted by Gasteiger charge is -2.46. The summed E-state index contributed by atoms with van der Waals surface area (Å²) in [5, 5.41) is 40.2. The average molecular weight is 736 g/mol. The van der Waals surface area contributed by atoms with E-state index >= 15 is 0 Å². The van der Waals surface area contributed by atoms with Gasteiger partial charge in [0.15, 0.2) is 12.0 Å². The predicted octanol–water partition coefficient (Wildman–Crippen LogP) is 2.83. The number of piperidine rings is 4. The Balaban J connectivity index is 0.730. The van der Waals surface area contributed by atoms with Gasteiger partial charge in [-0.15, -0.1) is 10.2 Å². The van der Waals surface area contributed by atoms with Crippen molar-refractivity contribution in [2.75, 3.05) is 60.9 Å². The van der Waals surface area contributed by atoms with E-state index in [1.165, 1.54) is 4.90 Å². The quantitative estimate of drug-likeness (QED) is 0.226. The molecule has 0 saturated carbocycles. The van der Waals surface area contributed by atoms with Gasteiger partial charge in [0.2, 0.25) is 11.8 Å². The van der Waals surface area contributed by atoms with Crippen molar-refractivity contribution in [2.45, 2.75) is 81.8 Å². The molecule has 6 aliphatic rings. The van der Waals surface area contributed by atoms with Gasteiger partial charge >= 0.3 is 0 Å². The number of fused-ring (bicyclic) bond motifs is 4. The third kappa shape index (κ3) is 6.64. The van der Waals surface area contributed by atoms with Crippen molar-refractivity contribution in [1.82, 2.24) is 30.6 Å². The number of para-hydroxylation sites is 1. The molecule has 54 heavy (non-hydrogen) atoms. The number of aliphatic hydroxyl groups is 1. The number of benzene rings is 2. The number of aromatic nitrogens is 2. The van der Waals surface area contributed by atoms with Gasteiger partial charge in [-0.05, 0) is 100 Å². The molecule has 4 atom stereocenters. The zero-order chi connectivity index (χ0) is 36.9. The fraction of sp³-hybridized carbons (Fsp3) is 0.525. The van der Waals surface area contributed by atoms with Crippen LogP contribution in [-0.4, -0.2) is 118 Å². The highest BCUT2D eigenvalue weighted by Gasteiger charge is 2.45. The van der Waals surface area contributed by atoms with Crippen LogP contribution in [0.3, 0.4) is 0 Å². The molecule has 9 rings (SSSR count). The van der Waals surface area contributed by atoms with E-state index in [0.29, 0.717) is 46.4 Å². The minimum Gasteiger partial charge on any atom is -0.507 e. The lowest BCUT2D eigenvalue weighted by atomic mass is 9.92. The second-order valence-electron chi connectivity index (χ2n) is 15.9. The number of amides is 3. The molecule has 5 N–H and O–H groups in total. The monoisotopic (exact) mass is 735 g/mol. The van der Waals surface area contributed by atoms with Crippen LogP contribution in [0.25, 0.3) is 11.3 Å². The van der Waals surface area contributed by atoms with Gasteiger partial charge in [0.25, 0.3) is 5.91 Å². The molecule has 0 aliphatic carbocycles. The number of hydrogen-bond donors (Lipinski definition) is 5. The molecule has 4 saturated heterocycles. The van der Waals surface area contributed by atoms with Gasteiger partial charge < -0.3 is 35.5 Å². The summed E-state index contributed by atoms with van der Waals surface area (Å²) >= 11 is 0. The Bertz CT molecular complexity index is 1930. The lowest BCUT2D eigenvalue weighted by molar-refractivity contribution is -0.139. The smallest absolute Gasteiger partial charge is 0.257 e. The molecule has 7 heterocycles. The molecule has 284 valence electrons. The number of phenols is 1. The number of phenolic OH excluding ortho intramolecular Hbond substituents is 1. The second kappa shape index (κ2) is 14.5. The summed E-state index contributed by atoms with van der Waals surface area (Å²) < 4.78 is 0. The molecule has 1 aromatic heterocycles. The van der Waals surface area contributed by atoms with Crippen molar-refractivity contribution in [3.63, 3.8) is 0 Å². The Morgan fingerprint density at radius 3 is 2.44 bits per heavy atom. The maximum absolute atomic E-state index is 13.2. The molecule has 2 aromatic carbocycles. The van der Waals surface area contributed by atoms with Crippen molar-refractivity contribution in [3.05, 3.63) is 59.7 Å². The number of nitrogens with zero attached hydrogens (tertiary/aromatic N) is 6. The van der Waals surface area contributed by atoms with Crippen molar-refractivity contribution in [3.8, 4) is 17.0 Å². The number of nitrogens with one attached hydrogen (secondary N) is 3. The summed E-state index contributed by atoms with van der Waals surface area (Å²) in [4.78, 5) is 46.0. The van der Waals surface area contributed by atoms with E-state index in [0.717, 1.165) is 102 Å². The third-order valence-corrected chi connectivity index (χ3v) is 12.6. The first kappa shape index (κ1) is 34.9. The molecule has 6 aliphatic heterocycles. The number of imide groups is 1. The van der Waals surface area contributed by atoms with Crippen LogP contribution >= 0.6 is 0 Å². The van der Waals surface area contributed by atoms with E-state index in [2.05, 4.69) is 46.9 Å². The molecule has 0 bridgehead atoms. The van der Waals surface area contributed by atoms with Crippen LogP contribution < -0.4 is 25.8 Å². The van der Waals surface area contributed by atoms with Gasteiger partial charge in [0.1, 0.15) is 11.8 Å².